The number of hydrogen-bond donors (Lipinski definition) is 2. The smallest absolute Gasteiger partial charge is 0.240 e. The van der Waals surface area contributed by atoms with Gasteiger partial charge in [-0.1, -0.05) is 0 Å². The number of ether oxygens (including phenoxy) is 1. The van der Waals surface area contributed by atoms with Crippen molar-refractivity contribution in [1.29, 1.82) is 0 Å². The molecule has 18 heavy (non-hydrogen) atoms. The Balaban J connectivity index is 1.98. The standard InChI is InChI=1S/C13H20N2O2S/c1-9-3-4-11(18-9)10(2)15-12(16)13(14)5-7-17-8-6-13/h3-4,10H,5-8,14H2,1-2H3,(H,15,16). The summed E-state index contributed by atoms with van der Waals surface area (Å²) in [6, 6.07) is 4.13. The first-order valence-electron chi connectivity index (χ1n) is 6.25. The van der Waals surface area contributed by atoms with E-state index in [1.165, 1.54) is 4.88 Å². The van der Waals surface area contributed by atoms with Gasteiger partial charge in [0.25, 0.3) is 0 Å². The largest absolute Gasteiger partial charge is 0.381 e. The molecule has 1 aliphatic rings. The lowest BCUT2D eigenvalue weighted by atomic mass is 9.90. The SMILES string of the molecule is Cc1ccc(C(C)NC(=O)C2(N)CCOCC2)s1. The van der Waals surface area contributed by atoms with E-state index in [4.69, 9.17) is 10.5 Å². The number of rotatable bonds is 3. The average molecular weight is 268 g/mol. The van der Waals surface area contributed by atoms with Crippen LogP contribution in [0.1, 0.15) is 35.6 Å². The van der Waals surface area contributed by atoms with Gasteiger partial charge in [0.15, 0.2) is 0 Å². The third-order valence-corrected chi connectivity index (χ3v) is 4.56. The van der Waals surface area contributed by atoms with Crippen molar-refractivity contribution >= 4 is 17.2 Å². The molecule has 5 heteroatoms. The highest BCUT2D eigenvalue weighted by Crippen LogP contribution is 2.24. The quantitative estimate of drug-likeness (QED) is 0.877. The summed E-state index contributed by atoms with van der Waals surface area (Å²) in [5.74, 6) is -0.0654. The van der Waals surface area contributed by atoms with Crippen molar-refractivity contribution in [2.24, 2.45) is 5.73 Å². The predicted octanol–water partition coefficient (Wildman–Crippen LogP) is 1.74. The number of aryl methyl sites for hydroxylation is 1. The lowest BCUT2D eigenvalue weighted by Crippen LogP contribution is -2.57. The molecule has 1 aromatic rings. The van der Waals surface area contributed by atoms with Gasteiger partial charge in [-0.25, -0.2) is 0 Å². The highest BCUT2D eigenvalue weighted by atomic mass is 32.1. The molecule has 1 amide bonds. The molecule has 2 rings (SSSR count). The van der Waals surface area contributed by atoms with Crippen molar-refractivity contribution in [3.05, 3.63) is 21.9 Å². The van der Waals surface area contributed by atoms with Crippen molar-refractivity contribution in [2.45, 2.75) is 38.3 Å². The van der Waals surface area contributed by atoms with Crippen LogP contribution in [0.5, 0.6) is 0 Å². The average Bonchev–Trinajstić information content (AvgIpc) is 2.77. The number of thiophene rings is 1. The molecule has 0 aliphatic carbocycles. The molecule has 0 aromatic carbocycles. The van der Waals surface area contributed by atoms with Crippen molar-refractivity contribution in [3.63, 3.8) is 0 Å². The van der Waals surface area contributed by atoms with E-state index in [0.717, 1.165) is 4.88 Å². The molecule has 1 aliphatic heterocycles. The van der Waals surface area contributed by atoms with Crippen LogP contribution in [0.25, 0.3) is 0 Å². The summed E-state index contributed by atoms with van der Waals surface area (Å²) in [6.07, 6.45) is 1.18. The highest BCUT2D eigenvalue weighted by Gasteiger charge is 2.36. The predicted molar refractivity (Wildman–Crippen MR) is 72.6 cm³/mol. The van der Waals surface area contributed by atoms with Crippen LogP contribution < -0.4 is 11.1 Å². The Morgan fingerprint density at radius 3 is 2.72 bits per heavy atom. The number of nitrogens with two attached hydrogens (primary N) is 1. The zero-order chi connectivity index (χ0) is 13.2. The summed E-state index contributed by atoms with van der Waals surface area (Å²) in [6.45, 7) is 5.18. The maximum absolute atomic E-state index is 12.2. The molecule has 1 saturated heterocycles. The zero-order valence-corrected chi connectivity index (χ0v) is 11.7. The summed E-state index contributed by atoms with van der Waals surface area (Å²) in [4.78, 5) is 14.6. The highest BCUT2D eigenvalue weighted by molar-refractivity contribution is 7.12. The maximum atomic E-state index is 12.2. The van der Waals surface area contributed by atoms with Gasteiger partial charge < -0.3 is 15.8 Å². The fourth-order valence-corrected chi connectivity index (χ4v) is 2.94. The molecule has 1 atom stereocenters. The normalized spacial score (nSPS) is 20.4. The van der Waals surface area contributed by atoms with Crippen LogP contribution in [0.4, 0.5) is 0 Å². The minimum atomic E-state index is -0.765. The van der Waals surface area contributed by atoms with E-state index in [-0.39, 0.29) is 11.9 Å². The van der Waals surface area contributed by atoms with Crippen LogP contribution in [0, 0.1) is 6.92 Å². The van der Waals surface area contributed by atoms with Gasteiger partial charge in [0.05, 0.1) is 11.6 Å². The van der Waals surface area contributed by atoms with Gasteiger partial charge in [-0.05, 0) is 38.8 Å². The molecule has 0 bridgehead atoms. The van der Waals surface area contributed by atoms with E-state index in [2.05, 4.69) is 24.4 Å². The van der Waals surface area contributed by atoms with Gasteiger partial charge in [-0.2, -0.15) is 0 Å². The van der Waals surface area contributed by atoms with Crippen LogP contribution in [-0.2, 0) is 9.53 Å². The van der Waals surface area contributed by atoms with E-state index in [1.807, 2.05) is 6.92 Å². The van der Waals surface area contributed by atoms with E-state index in [0.29, 0.717) is 26.1 Å². The first kappa shape index (κ1) is 13.5. The number of amides is 1. The Bertz CT molecular complexity index is 424. The number of nitrogens with one attached hydrogen (secondary N) is 1. The molecule has 1 unspecified atom stereocenters. The maximum Gasteiger partial charge on any atom is 0.240 e. The molecule has 100 valence electrons. The zero-order valence-electron chi connectivity index (χ0n) is 10.9. The van der Waals surface area contributed by atoms with E-state index >= 15 is 0 Å². The van der Waals surface area contributed by atoms with Gasteiger partial charge in [-0.15, -0.1) is 11.3 Å². The van der Waals surface area contributed by atoms with E-state index in [9.17, 15) is 4.79 Å². The van der Waals surface area contributed by atoms with Crippen LogP contribution in [-0.4, -0.2) is 24.7 Å². The molecule has 1 fully saturated rings. The molecule has 0 spiro atoms. The Morgan fingerprint density at radius 2 is 2.17 bits per heavy atom. The van der Waals surface area contributed by atoms with Gasteiger partial charge in [0.2, 0.25) is 5.91 Å². The fraction of sp³-hybridized carbons (Fsp3) is 0.615. The van der Waals surface area contributed by atoms with Gasteiger partial charge in [-0.3, -0.25) is 4.79 Å². The molecule has 3 N–H and O–H groups in total. The van der Waals surface area contributed by atoms with E-state index in [1.54, 1.807) is 11.3 Å². The third-order valence-electron chi connectivity index (χ3n) is 3.37. The first-order valence-corrected chi connectivity index (χ1v) is 7.07. The molecular formula is C13H20N2O2S. The Hall–Kier alpha value is -0.910. The minimum absolute atomic E-state index is 0.0134. The topological polar surface area (TPSA) is 64.4 Å². The van der Waals surface area contributed by atoms with Crippen molar-refractivity contribution < 1.29 is 9.53 Å². The third kappa shape index (κ3) is 2.91. The molecule has 4 nitrogen and oxygen atoms in total. The second-order valence-electron chi connectivity index (χ2n) is 4.91. The number of carbonyl (C=O) groups is 1. The molecule has 1 aromatic heterocycles. The summed E-state index contributed by atoms with van der Waals surface area (Å²) in [7, 11) is 0. The fourth-order valence-electron chi connectivity index (χ4n) is 2.06. The Labute approximate surface area is 112 Å². The summed E-state index contributed by atoms with van der Waals surface area (Å²) < 4.78 is 5.25. The summed E-state index contributed by atoms with van der Waals surface area (Å²) in [5, 5.41) is 3.01. The molecular weight excluding hydrogens is 248 g/mol. The summed E-state index contributed by atoms with van der Waals surface area (Å²) in [5.41, 5.74) is 5.38. The second-order valence-corrected chi connectivity index (χ2v) is 6.23. The first-order chi connectivity index (χ1) is 8.51. The van der Waals surface area contributed by atoms with Gasteiger partial charge >= 0.3 is 0 Å². The molecule has 0 saturated carbocycles. The van der Waals surface area contributed by atoms with Crippen LogP contribution in [0.15, 0.2) is 12.1 Å². The lowest BCUT2D eigenvalue weighted by molar-refractivity contribution is -0.130. The number of carbonyl (C=O) groups excluding carboxylic acids is 1. The molecule has 0 radical (unpaired) electrons. The van der Waals surface area contributed by atoms with Crippen LogP contribution in [0.2, 0.25) is 0 Å². The minimum Gasteiger partial charge on any atom is -0.381 e. The van der Waals surface area contributed by atoms with Gasteiger partial charge in [0, 0.05) is 23.0 Å². The second kappa shape index (κ2) is 5.38. The van der Waals surface area contributed by atoms with Crippen LogP contribution >= 0.6 is 11.3 Å². The van der Waals surface area contributed by atoms with E-state index < -0.39 is 5.54 Å². The van der Waals surface area contributed by atoms with Gasteiger partial charge in [0.1, 0.15) is 0 Å². The van der Waals surface area contributed by atoms with Crippen molar-refractivity contribution in [3.8, 4) is 0 Å². The van der Waals surface area contributed by atoms with Crippen molar-refractivity contribution in [1.82, 2.24) is 5.32 Å². The van der Waals surface area contributed by atoms with Crippen molar-refractivity contribution in [2.75, 3.05) is 13.2 Å². The molecule has 2 heterocycles. The Morgan fingerprint density at radius 1 is 1.50 bits per heavy atom. The lowest BCUT2D eigenvalue weighted by Gasteiger charge is -2.32. The monoisotopic (exact) mass is 268 g/mol. The Kier molecular flexibility index (Phi) is 4.04. The van der Waals surface area contributed by atoms with Crippen LogP contribution in [0.3, 0.4) is 0 Å². The number of hydrogen-bond acceptors (Lipinski definition) is 4. The summed E-state index contributed by atoms with van der Waals surface area (Å²) >= 11 is 1.70.